The van der Waals surface area contributed by atoms with Crippen LogP contribution in [0.1, 0.15) is 48.5 Å². The van der Waals surface area contributed by atoms with E-state index >= 15 is 0 Å². The molecule has 202 valence electrons. The number of rotatable bonds is 12. The molecular weight excluding hydrogens is 556 g/mol. The Hall–Kier alpha value is -3.42. The normalized spacial score (nSPS) is 20.5. The van der Waals surface area contributed by atoms with Gasteiger partial charge in [0.2, 0.25) is 5.90 Å². The Kier molecular flexibility index (Phi) is 8.79. The minimum absolute atomic E-state index is 0.0871. The number of amides is 1. The molecule has 0 unspecified atom stereocenters. The largest absolute Gasteiger partial charge is 0.494 e. The highest BCUT2D eigenvalue weighted by atomic mass is 79.9. The number of aliphatic hydroxyl groups excluding tert-OH is 1. The van der Waals surface area contributed by atoms with E-state index in [-0.39, 0.29) is 12.5 Å². The molecule has 0 saturated heterocycles. The Morgan fingerprint density at radius 2 is 1.82 bits per heavy atom. The average molecular weight is 590 g/mol. The van der Waals surface area contributed by atoms with Crippen LogP contribution in [-0.4, -0.2) is 42.2 Å². The second-order valence-electron chi connectivity index (χ2n) is 10.0. The number of nitrogens with zero attached hydrogens (tertiary/aromatic N) is 1. The molecule has 1 aliphatic heterocycles. The summed E-state index contributed by atoms with van der Waals surface area (Å²) in [5.74, 6) is 1.55. The molecule has 1 amide bonds. The predicted octanol–water partition coefficient (Wildman–Crippen LogP) is 6.10. The first-order valence-corrected chi connectivity index (χ1v) is 14.2. The summed E-state index contributed by atoms with van der Waals surface area (Å²) in [5, 5.41) is 12.2. The van der Waals surface area contributed by atoms with Crippen molar-refractivity contribution in [3.8, 4) is 5.75 Å². The molecule has 1 aliphatic carbocycles. The molecule has 1 saturated carbocycles. The van der Waals surface area contributed by atoms with Crippen molar-refractivity contribution in [3.63, 3.8) is 0 Å². The predicted molar refractivity (Wildman–Crippen MR) is 157 cm³/mol. The molecule has 5 rings (SSSR count). The number of aliphatic imine (C=N–C) groups is 1. The molecule has 0 bridgehead atoms. The van der Waals surface area contributed by atoms with Crippen LogP contribution in [-0.2, 0) is 9.53 Å². The lowest BCUT2D eigenvalue weighted by Gasteiger charge is -2.30. The van der Waals surface area contributed by atoms with E-state index < -0.39 is 11.6 Å². The molecule has 1 heterocycles. The fraction of sp³-hybridized carbons (Fsp3) is 0.312. The number of hydrogen-bond acceptors (Lipinski definition) is 5. The highest BCUT2D eigenvalue weighted by Gasteiger charge is 2.52. The van der Waals surface area contributed by atoms with Crippen molar-refractivity contribution in [2.24, 2.45) is 10.9 Å². The maximum absolute atomic E-state index is 14.0. The van der Waals surface area contributed by atoms with Gasteiger partial charge in [0.1, 0.15) is 5.75 Å². The molecular formula is C32H33BrN2O4. The van der Waals surface area contributed by atoms with Crippen molar-refractivity contribution in [2.45, 2.75) is 37.3 Å². The van der Waals surface area contributed by atoms with Crippen molar-refractivity contribution < 1.29 is 19.4 Å². The lowest BCUT2D eigenvalue weighted by atomic mass is 9.84. The van der Waals surface area contributed by atoms with Crippen molar-refractivity contribution in [1.82, 2.24) is 5.32 Å². The van der Waals surface area contributed by atoms with Gasteiger partial charge in [0.05, 0.1) is 6.61 Å². The number of carbonyl (C=O) groups excluding carboxylic acids is 1. The molecule has 2 aliphatic rings. The molecule has 6 nitrogen and oxygen atoms in total. The minimum atomic E-state index is -1.17. The standard InChI is InChI=1S/C32H33BrN2O4/c33-27-15-11-25(12-16-27)29-32(31(37)34-22-24-9-10-24,19-4-8-23-6-2-1-3-7-23)35-30(39-29)26-13-17-28(18-14-26)38-21-5-20-36/h1-4,6-8,11-18,24,29,36H,5,9-10,19-22H2,(H,34,37)/b8-4+/t29-,32-/m1/s1. The number of carbonyl (C=O) groups is 1. The summed E-state index contributed by atoms with van der Waals surface area (Å²) in [6.45, 7) is 1.18. The minimum Gasteiger partial charge on any atom is -0.494 e. The fourth-order valence-corrected chi connectivity index (χ4v) is 4.87. The highest BCUT2D eigenvalue weighted by Crippen LogP contribution is 2.43. The first-order chi connectivity index (χ1) is 19.1. The zero-order valence-corrected chi connectivity index (χ0v) is 23.3. The first-order valence-electron chi connectivity index (χ1n) is 13.4. The molecule has 0 spiro atoms. The first kappa shape index (κ1) is 27.2. The average Bonchev–Trinajstić information content (AvgIpc) is 3.72. The number of ether oxygens (including phenoxy) is 2. The maximum atomic E-state index is 14.0. The molecule has 2 atom stereocenters. The van der Waals surface area contributed by atoms with Gasteiger partial charge in [-0.15, -0.1) is 0 Å². The summed E-state index contributed by atoms with van der Waals surface area (Å²) >= 11 is 3.52. The second kappa shape index (κ2) is 12.6. The second-order valence-corrected chi connectivity index (χ2v) is 10.9. The zero-order valence-electron chi connectivity index (χ0n) is 21.8. The highest BCUT2D eigenvalue weighted by molar-refractivity contribution is 9.10. The van der Waals surface area contributed by atoms with Gasteiger partial charge in [-0.25, -0.2) is 4.99 Å². The van der Waals surface area contributed by atoms with E-state index in [9.17, 15) is 4.79 Å². The van der Waals surface area contributed by atoms with Gasteiger partial charge in [0.15, 0.2) is 11.6 Å². The summed E-state index contributed by atoms with van der Waals surface area (Å²) in [6, 6.07) is 25.4. The third-order valence-electron chi connectivity index (χ3n) is 6.99. The van der Waals surface area contributed by atoms with E-state index in [0.29, 0.717) is 43.6 Å². The van der Waals surface area contributed by atoms with E-state index in [1.54, 1.807) is 0 Å². The molecule has 3 aromatic rings. The smallest absolute Gasteiger partial charge is 0.252 e. The van der Waals surface area contributed by atoms with Crippen molar-refractivity contribution in [2.75, 3.05) is 19.8 Å². The Labute approximate surface area is 237 Å². The number of benzene rings is 3. The Morgan fingerprint density at radius 1 is 1.08 bits per heavy atom. The van der Waals surface area contributed by atoms with E-state index in [1.807, 2.05) is 91.0 Å². The van der Waals surface area contributed by atoms with Gasteiger partial charge in [-0.05, 0) is 66.3 Å². The molecule has 1 fully saturated rings. The molecule has 7 heteroatoms. The van der Waals surface area contributed by atoms with Gasteiger partial charge in [-0.3, -0.25) is 4.79 Å². The topological polar surface area (TPSA) is 80.2 Å². The quantitative estimate of drug-likeness (QED) is 0.251. The van der Waals surface area contributed by atoms with Crippen LogP contribution in [0.15, 0.2) is 94.4 Å². The summed E-state index contributed by atoms with van der Waals surface area (Å²) in [4.78, 5) is 19.0. The van der Waals surface area contributed by atoms with Gasteiger partial charge < -0.3 is 19.9 Å². The van der Waals surface area contributed by atoms with Gasteiger partial charge in [0, 0.05) is 36.0 Å². The van der Waals surface area contributed by atoms with Gasteiger partial charge in [-0.1, -0.05) is 70.5 Å². The number of aliphatic hydroxyl groups is 1. The van der Waals surface area contributed by atoms with E-state index in [1.165, 1.54) is 0 Å². The third kappa shape index (κ3) is 6.78. The third-order valence-corrected chi connectivity index (χ3v) is 7.52. The summed E-state index contributed by atoms with van der Waals surface area (Å²) in [6.07, 6.45) is 6.70. The van der Waals surface area contributed by atoms with Gasteiger partial charge >= 0.3 is 0 Å². The van der Waals surface area contributed by atoms with E-state index in [2.05, 4.69) is 21.2 Å². The van der Waals surface area contributed by atoms with Crippen LogP contribution in [0.5, 0.6) is 5.75 Å². The lowest BCUT2D eigenvalue weighted by Crippen LogP contribution is -2.48. The lowest BCUT2D eigenvalue weighted by molar-refractivity contribution is -0.128. The molecule has 3 aromatic carbocycles. The maximum Gasteiger partial charge on any atom is 0.252 e. The molecule has 0 radical (unpaired) electrons. The van der Waals surface area contributed by atoms with Crippen molar-refractivity contribution >= 4 is 33.8 Å². The van der Waals surface area contributed by atoms with Gasteiger partial charge in [0.25, 0.3) is 5.91 Å². The van der Waals surface area contributed by atoms with Crippen molar-refractivity contribution in [3.05, 3.63) is 106 Å². The summed E-state index contributed by atoms with van der Waals surface area (Å²) in [5.41, 5.74) is 1.55. The van der Waals surface area contributed by atoms with E-state index in [0.717, 1.165) is 34.0 Å². The Balaban J connectivity index is 1.49. The number of nitrogens with one attached hydrogen (secondary N) is 1. The van der Waals surface area contributed by atoms with Crippen LogP contribution in [0.2, 0.25) is 0 Å². The number of halogens is 1. The Morgan fingerprint density at radius 3 is 2.51 bits per heavy atom. The fourth-order valence-electron chi connectivity index (χ4n) is 4.60. The summed E-state index contributed by atoms with van der Waals surface area (Å²) in [7, 11) is 0. The van der Waals surface area contributed by atoms with Crippen LogP contribution in [0.4, 0.5) is 0 Å². The van der Waals surface area contributed by atoms with Crippen LogP contribution < -0.4 is 10.1 Å². The summed E-state index contributed by atoms with van der Waals surface area (Å²) < 4.78 is 13.2. The van der Waals surface area contributed by atoms with E-state index in [4.69, 9.17) is 19.6 Å². The molecule has 39 heavy (non-hydrogen) atoms. The van der Waals surface area contributed by atoms with Crippen LogP contribution >= 0.6 is 15.9 Å². The van der Waals surface area contributed by atoms with Crippen molar-refractivity contribution in [1.29, 1.82) is 0 Å². The molecule has 0 aromatic heterocycles. The molecule has 2 N–H and O–H groups in total. The van der Waals surface area contributed by atoms with Gasteiger partial charge in [-0.2, -0.15) is 0 Å². The SMILES string of the molecule is O=C(NCC1CC1)[C@]1(C/C=C/c2ccccc2)N=C(c2ccc(OCCCO)cc2)O[C@@H]1c1ccc(Br)cc1. The number of hydrogen-bond donors (Lipinski definition) is 2. The van der Waals surface area contributed by atoms with Crippen LogP contribution in [0.25, 0.3) is 6.08 Å². The monoisotopic (exact) mass is 588 g/mol. The van der Waals surface area contributed by atoms with Crippen LogP contribution in [0, 0.1) is 5.92 Å². The van der Waals surface area contributed by atoms with Crippen LogP contribution in [0.3, 0.4) is 0 Å². The Bertz CT molecular complexity index is 1300. The zero-order chi connectivity index (χ0) is 27.1.